The van der Waals surface area contributed by atoms with Gasteiger partial charge in [-0.3, -0.25) is 0 Å². The van der Waals surface area contributed by atoms with Crippen LogP contribution in [0.2, 0.25) is 0 Å². The smallest absolute Gasteiger partial charge is 0.258 e. The summed E-state index contributed by atoms with van der Waals surface area (Å²) in [4.78, 5) is 8.02. The molecule has 5 N–H and O–H groups in total. The molecule has 0 unspecified atom stereocenters. The van der Waals surface area contributed by atoms with Crippen molar-refractivity contribution in [2.75, 3.05) is 11.5 Å². The van der Waals surface area contributed by atoms with E-state index in [4.69, 9.17) is 11.5 Å². The average Bonchev–Trinajstić information content (AvgIpc) is 3.27. The average molecular weight is 463 g/mol. The third-order valence-electron chi connectivity index (χ3n) is 5.49. The maximum atomic E-state index is 14.5. The first-order chi connectivity index (χ1) is 15.6. The van der Waals surface area contributed by atoms with Crippen molar-refractivity contribution in [1.82, 2.24) is 34.6 Å². The van der Waals surface area contributed by atoms with E-state index in [9.17, 15) is 18.3 Å². The van der Waals surface area contributed by atoms with Gasteiger partial charge in [-0.25, -0.2) is 27.4 Å². The predicted octanol–water partition coefficient (Wildman–Crippen LogP) is 2.81. The van der Waals surface area contributed by atoms with Gasteiger partial charge in [-0.2, -0.15) is 4.98 Å². The number of hydrogen-bond donors (Lipinski definition) is 3. The van der Waals surface area contributed by atoms with Gasteiger partial charge in [0, 0.05) is 0 Å². The molecule has 1 aliphatic rings. The molecule has 1 saturated carbocycles. The first kappa shape index (κ1) is 22.7. The van der Waals surface area contributed by atoms with E-state index in [1.54, 1.807) is 0 Å². The van der Waals surface area contributed by atoms with E-state index < -0.39 is 18.8 Å². The van der Waals surface area contributed by atoms with Crippen LogP contribution in [0.3, 0.4) is 0 Å². The Bertz CT molecular complexity index is 1280. The highest BCUT2D eigenvalue weighted by molar-refractivity contribution is 5.88. The third kappa shape index (κ3) is 4.82. The van der Waals surface area contributed by atoms with Gasteiger partial charge in [-0.05, 0) is 31.9 Å². The molecule has 0 radical (unpaired) electrons. The van der Waals surface area contributed by atoms with Crippen molar-refractivity contribution in [3.05, 3.63) is 24.1 Å². The van der Waals surface area contributed by atoms with Crippen LogP contribution >= 0.6 is 0 Å². The minimum Gasteiger partial charge on any atom is -0.390 e. The first-order valence-electron chi connectivity index (χ1n) is 10.5. The largest absolute Gasteiger partial charge is 0.390 e. The molecule has 4 aromatic heterocycles. The summed E-state index contributed by atoms with van der Waals surface area (Å²) in [6.45, 7) is 1.26. The Balaban J connectivity index is 0.000000275. The third-order valence-corrected chi connectivity index (χ3v) is 5.49. The van der Waals surface area contributed by atoms with Crippen molar-refractivity contribution in [3.63, 3.8) is 0 Å². The molecule has 1 fully saturated rings. The van der Waals surface area contributed by atoms with Gasteiger partial charge in [0.25, 0.3) is 6.43 Å². The van der Waals surface area contributed by atoms with Gasteiger partial charge in [-0.15, -0.1) is 10.2 Å². The number of aromatic nitrogens is 7. The quantitative estimate of drug-likeness (QED) is 0.420. The summed E-state index contributed by atoms with van der Waals surface area (Å²) in [5.74, 6) is -0.812. The number of rotatable bonds is 3. The molecule has 10 nitrogen and oxygen atoms in total. The number of nitrogens with two attached hydrogens (primary N) is 2. The number of nitrogens with zero attached hydrogens (tertiary/aromatic N) is 7. The highest BCUT2D eigenvalue weighted by Crippen LogP contribution is 2.31. The van der Waals surface area contributed by atoms with Crippen LogP contribution in [0.1, 0.15) is 39.0 Å². The minimum atomic E-state index is -2.63. The Morgan fingerprint density at radius 3 is 2.52 bits per heavy atom. The Hall–Kier alpha value is -3.48. The predicted molar refractivity (Wildman–Crippen MR) is 116 cm³/mol. The molecule has 0 spiro atoms. The zero-order valence-electron chi connectivity index (χ0n) is 17.9. The summed E-state index contributed by atoms with van der Waals surface area (Å²) in [7, 11) is 0. The summed E-state index contributed by atoms with van der Waals surface area (Å²) in [6.07, 6.45) is 4.21. The van der Waals surface area contributed by atoms with E-state index in [2.05, 4.69) is 25.4 Å². The maximum absolute atomic E-state index is 14.5. The van der Waals surface area contributed by atoms with Crippen LogP contribution in [0.5, 0.6) is 0 Å². The molecule has 0 aliphatic heterocycles. The molecular weight excluding hydrogens is 439 g/mol. The van der Waals surface area contributed by atoms with Crippen molar-refractivity contribution < 1.29 is 18.3 Å². The van der Waals surface area contributed by atoms with Crippen LogP contribution in [0, 0.1) is 5.82 Å². The minimum absolute atomic E-state index is 0.0317. The van der Waals surface area contributed by atoms with Gasteiger partial charge in [0.2, 0.25) is 5.95 Å². The number of anilines is 2. The number of halogens is 3. The molecule has 0 atom stereocenters. The lowest BCUT2D eigenvalue weighted by atomic mass is 9.87. The fourth-order valence-electron chi connectivity index (χ4n) is 3.90. The molecule has 1 aliphatic carbocycles. The molecule has 0 bridgehead atoms. The number of hydrogen-bond acceptors (Lipinski definition) is 8. The van der Waals surface area contributed by atoms with E-state index in [0.29, 0.717) is 5.52 Å². The molecule has 5 rings (SSSR count). The second kappa shape index (κ2) is 8.81. The molecule has 33 heavy (non-hydrogen) atoms. The molecule has 0 saturated heterocycles. The number of alkyl halides is 2. The summed E-state index contributed by atoms with van der Waals surface area (Å²) < 4.78 is 41.8. The van der Waals surface area contributed by atoms with Gasteiger partial charge in [0.15, 0.2) is 17.3 Å². The zero-order valence-corrected chi connectivity index (χ0v) is 17.9. The van der Waals surface area contributed by atoms with Crippen LogP contribution in [-0.4, -0.2) is 51.7 Å². The number of pyridine rings is 1. The standard InChI is InChI=1S/C13H10F3N9.C7H14O/c14-5-3-24-10(11(17)20-13(18)22-24)9(5)6-1-2-7-12(19-6)25(23-21-7)4-8(15)16;1-7(8)5-3-2-4-6-7/h1-3,8H,4H2,(H4,17,18,20,22);8H,2-6H2,1H3. The van der Waals surface area contributed by atoms with E-state index in [0.717, 1.165) is 28.2 Å². The SMILES string of the molecule is CC1(O)CCCCC1.Nc1nc(N)c2c(-c3ccc4nnn(CC(F)F)c4n3)c(F)cn2n1. The van der Waals surface area contributed by atoms with E-state index in [1.165, 1.54) is 31.4 Å². The van der Waals surface area contributed by atoms with Crippen molar-refractivity contribution in [2.45, 2.75) is 57.6 Å². The Kier molecular flexibility index (Phi) is 6.06. The number of fused-ring (bicyclic) bond motifs is 2. The summed E-state index contributed by atoms with van der Waals surface area (Å²) in [5, 5.41) is 20.6. The van der Waals surface area contributed by atoms with Crippen LogP contribution < -0.4 is 11.5 Å². The van der Waals surface area contributed by atoms with Gasteiger partial charge in [0.05, 0.1) is 23.1 Å². The van der Waals surface area contributed by atoms with Crippen LogP contribution in [0.15, 0.2) is 18.3 Å². The second-order valence-electron chi connectivity index (χ2n) is 8.26. The molecule has 13 heteroatoms. The fourth-order valence-corrected chi connectivity index (χ4v) is 3.90. The Labute approximate surface area is 186 Å². The molecule has 176 valence electrons. The van der Waals surface area contributed by atoms with E-state index in [-0.39, 0.29) is 39.8 Å². The molecule has 0 amide bonds. The molecule has 4 aromatic rings. The van der Waals surface area contributed by atoms with Gasteiger partial charge < -0.3 is 16.6 Å². The summed E-state index contributed by atoms with van der Waals surface area (Å²) >= 11 is 0. The zero-order chi connectivity index (χ0) is 23.8. The lowest BCUT2D eigenvalue weighted by Gasteiger charge is -2.27. The van der Waals surface area contributed by atoms with Gasteiger partial charge in [0.1, 0.15) is 17.6 Å². The lowest BCUT2D eigenvalue weighted by Crippen LogP contribution is -2.26. The maximum Gasteiger partial charge on any atom is 0.258 e. The Morgan fingerprint density at radius 2 is 1.88 bits per heavy atom. The van der Waals surface area contributed by atoms with Crippen molar-refractivity contribution in [2.24, 2.45) is 0 Å². The monoisotopic (exact) mass is 463 g/mol. The molecular formula is C20H24F3N9O. The van der Waals surface area contributed by atoms with Crippen molar-refractivity contribution >= 4 is 28.4 Å². The normalized spacial score (nSPS) is 15.7. The highest BCUT2D eigenvalue weighted by Gasteiger charge is 2.22. The van der Waals surface area contributed by atoms with Crippen molar-refractivity contribution in [1.29, 1.82) is 0 Å². The summed E-state index contributed by atoms with van der Waals surface area (Å²) in [5.41, 5.74) is 11.8. The second-order valence-corrected chi connectivity index (χ2v) is 8.26. The summed E-state index contributed by atoms with van der Waals surface area (Å²) in [6, 6.07) is 2.99. The first-order valence-corrected chi connectivity index (χ1v) is 10.5. The Morgan fingerprint density at radius 1 is 1.15 bits per heavy atom. The number of aliphatic hydroxyl groups is 1. The molecule has 0 aromatic carbocycles. The van der Waals surface area contributed by atoms with Crippen LogP contribution in [-0.2, 0) is 6.54 Å². The van der Waals surface area contributed by atoms with Crippen LogP contribution in [0.4, 0.5) is 24.9 Å². The van der Waals surface area contributed by atoms with Gasteiger partial charge in [-0.1, -0.05) is 24.5 Å². The fraction of sp³-hybridized carbons (Fsp3) is 0.450. The topological polar surface area (TPSA) is 146 Å². The lowest BCUT2D eigenvalue weighted by molar-refractivity contribution is 0.0225. The van der Waals surface area contributed by atoms with Crippen molar-refractivity contribution in [3.8, 4) is 11.3 Å². The van der Waals surface area contributed by atoms with E-state index in [1.807, 2.05) is 6.92 Å². The van der Waals surface area contributed by atoms with Gasteiger partial charge >= 0.3 is 0 Å². The van der Waals surface area contributed by atoms with E-state index >= 15 is 0 Å². The van der Waals surface area contributed by atoms with Crippen LogP contribution in [0.25, 0.3) is 27.9 Å². The highest BCUT2D eigenvalue weighted by atomic mass is 19.3. The number of nitrogen functional groups attached to an aromatic ring is 2. The molecule has 4 heterocycles.